The predicted molar refractivity (Wildman–Crippen MR) is 128 cm³/mol. The first kappa shape index (κ1) is 23.2. The van der Waals surface area contributed by atoms with Gasteiger partial charge in [0.05, 0.1) is 30.0 Å². The van der Waals surface area contributed by atoms with Crippen LogP contribution in [0.2, 0.25) is 0 Å². The molecule has 1 aliphatic heterocycles. The van der Waals surface area contributed by atoms with Gasteiger partial charge in [-0.05, 0) is 73.0 Å². The number of piperidine rings is 1. The first-order chi connectivity index (χ1) is 16.0. The summed E-state index contributed by atoms with van der Waals surface area (Å²) in [5.74, 6) is 5.55. The number of ether oxygens (including phenoxy) is 1. The molecule has 33 heavy (non-hydrogen) atoms. The number of nitrogens with zero attached hydrogens (tertiary/aromatic N) is 2. The molecule has 172 valence electrons. The first-order valence-corrected chi connectivity index (χ1v) is 12.0. The molecule has 1 N–H and O–H groups in total. The lowest BCUT2D eigenvalue weighted by molar-refractivity contribution is -0.146. The van der Waals surface area contributed by atoms with Crippen LogP contribution in [0.25, 0.3) is 10.9 Å². The average molecular weight is 467 g/mol. The third-order valence-electron chi connectivity index (χ3n) is 6.30. The third kappa shape index (κ3) is 5.70. The molecule has 2 aromatic heterocycles. The van der Waals surface area contributed by atoms with Crippen molar-refractivity contribution in [1.82, 2.24) is 9.88 Å². The van der Waals surface area contributed by atoms with Gasteiger partial charge in [-0.2, -0.15) is 0 Å². The van der Waals surface area contributed by atoms with E-state index in [4.69, 9.17) is 4.74 Å². The number of carboxylic acids is 1. The molecule has 4 rings (SSSR count). The van der Waals surface area contributed by atoms with E-state index in [2.05, 4.69) is 21.7 Å². The van der Waals surface area contributed by atoms with Crippen LogP contribution in [0.15, 0.2) is 48.0 Å². The number of carbonyl (C=O) groups is 1. The number of hydrogen-bond acceptors (Lipinski definition) is 5. The normalized spacial score (nSPS) is 19.6. The number of alkyl halides is 1. The number of aliphatic carboxylic acids is 1. The second-order valence-electron chi connectivity index (χ2n) is 8.34. The van der Waals surface area contributed by atoms with Gasteiger partial charge in [0.1, 0.15) is 11.9 Å². The molecule has 1 fully saturated rings. The van der Waals surface area contributed by atoms with Gasteiger partial charge in [0.15, 0.2) is 0 Å². The number of benzene rings is 1. The number of carboxylic acid groups (broad SMARTS) is 1. The van der Waals surface area contributed by atoms with Crippen molar-refractivity contribution in [3.8, 4) is 17.6 Å². The molecule has 7 heteroatoms. The minimum atomic E-state index is -1.19. The molecule has 1 aliphatic rings. The van der Waals surface area contributed by atoms with Crippen LogP contribution in [0, 0.1) is 23.7 Å². The minimum absolute atomic E-state index is 0.0510. The minimum Gasteiger partial charge on any atom is -0.497 e. The Balaban J connectivity index is 1.38. The average Bonchev–Trinajstić information content (AvgIpc) is 3.35. The predicted octanol–water partition coefficient (Wildman–Crippen LogP) is 5.17. The fraction of sp³-hybridized carbons (Fsp3) is 0.385. The van der Waals surface area contributed by atoms with Gasteiger partial charge >= 0.3 is 5.97 Å². The van der Waals surface area contributed by atoms with E-state index in [0.717, 1.165) is 28.7 Å². The molecule has 0 spiro atoms. The zero-order valence-electron chi connectivity index (χ0n) is 18.5. The number of fused-ring (bicyclic) bond motifs is 1. The maximum Gasteiger partial charge on any atom is 0.308 e. The number of likely N-dealkylation sites (tertiary alicyclic amines) is 1. The lowest BCUT2D eigenvalue weighted by Gasteiger charge is -2.35. The molecule has 1 saturated heterocycles. The summed E-state index contributed by atoms with van der Waals surface area (Å²) in [5.41, 5.74) is 1.29. The Bertz CT molecular complexity index is 1160. The number of aromatic nitrogens is 1. The molecular weight excluding hydrogens is 439 g/mol. The van der Waals surface area contributed by atoms with Crippen molar-refractivity contribution in [3.63, 3.8) is 0 Å². The van der Waals surface area contributed by atoms with Gasteiger partial charge in [0.2, 0.25) is 0 Å². The Morgan fingerprint density at radius 3 is 3.03 bits per heavy atom. The second kappa shape index (κ2) is 10.8. The highest BCUT2D eigenvalue weighted by atomic mass is 32.1. The summed E-state index contributed by atoms with van der Waals surface area (Å²) in [7, 11) is 1.58. The topological polar surface area (TPSA) is 62.7 Å². The van der Waals surface area contributed by atoms with Crippen LogP contribution in [0.5, 0.6) is 5.75 Å². The van der Waals surface area contributed by atoms with Gasteiger partial charge in [-0.3, -0.25) is 14.7 Å². The Hall–Kier alpha value is -2.95. The molecule has 3 aromatic rings. The largest absolute Gasteiger partial charge is 0.497 e. The van der Waals surface area contributed by atoms with Crippen LogP contribution in [-0.2, 0) is 4.79 Å². The quantitative estimate of drug-likeness (QED) is 0.487. The Morgan fingerprint density at radius 2 is 2.27 bits per heavy atom. The zero-order valence-corrected chi connectivity index (χ0v) is 19.4. The number of thiophene rings is 1. The molecule has 3 atom stereocenters. The van der Waals surface area contributed by atoms with Crippen molar-refractivity contribution in [3.05, 3.63) is 58.4 Å². The molecular formula is C26H27FN2O3S. The summed E-state index contributed by atoms with van der Waals surface area (Å²) >= 11 is 1.59. The molecule has 0 bridgehead atoms. The lowest BCUT2D eigenvalue weighted by Crippen LogP contribution is -2.44. The van der Waals surface area contributed by atoms with E-state index >= 15 is 4.39 Å². The number of pyridine rings is 1. The van der Waals surface area contributed by atoms with Gasteiger partial charge in [-0.1, -0.05) is 17.9 Å². The molecule has 0 aliphatic carbocycles. The highest BCUT2D eigenvalue weighted by Gasteiger charge is 2.34. The van der Waals surface area contributed by atoms with Crippen LogP contribution in [0.3, 0.4) is 0 Å². The van der Waals surface area contributed by atoms with E-state index in [1.807, 2.05) is 29.6 Å². The fourth-order valence-electron chi connectivity index (χ4n) is 4.49. The smallest absolute Gasteiger partial charge is 0.308 e. The summed E-state index contributed by atoms with van der Waals surface area (Å²) in [6.45, 7) is 1.77. The van der Waals surface area contributed by atoms with Gasteiger partial charge in [-0.25, -0.2) is 4.39 Å². The standard InChI is InChI=1S/C26H27FN2O3S/c1-32-19-7-9-25-22(16-19)21(10-12-28-25)24(27)8-6-18-11-14-29(17-23(18)26(30)31)13-2-4-20-5-3-15-33-20/h3,5,7,9-10,12,15-16,18,23-24H,6,8,11,13-14,17H2,1H3,(H,30,31)/t18-,23+,24+/m1/s1. The van der Waals surface area contributed by atoms with E-state index < -0.39 is 18.1 Å². The first-order valence-electron chi connectivity index (χ1n) is 11.1. The Morgan fingerprint density at radius 1 is 1.39 bits per heavy atom. The van der Waals surface area contributed by atoms with Gasteiger partial charge < -0.3 is 9.84 Å². The van der Waals surface area contributed by atoms with Gasteiger partial charge in [0.25, 0.3) is 0 Å². The summed E-state index contributed by atoms with van der Waals surface area (Å²) in [6.07, 6.45) is 1.97. The van der Waals surface area contributed by atoms with Crippen molar-refractivity contribution >= 4 is 28.2 Å². The van der Waals surface area contributed by atoms with Crippen molar-refractivity contribution in [2.24, 2.45) is 11.8 Å². The highest BCUT2D eigenvalue weighted by molar-refractivity contribution is 7.10. The summed E-state index contributed by atoms with van der Waals surface area (Å²) in [6, 6.07) is 11.1. The molecule has 3 heterocycles. The number of hydrogen-bond donors (Lipinski definition) is 1. The van der Waals surface area contributed by atoms with Crippen LogP contribution in [-0.4, -0.2) is 47.7 Å². The van der Waals surface area contributed by atoms with Crippen molar-refractivity contribution in [2.45, 2.75) is 25.4 Å². The number of methoxy groups -OCH3 is 1. The fourth-order valence-corrected chi connectivity index (χ4v) is 5.08. The molecule has 0 radical (unpaired) electrons. The van der Waals surface area contributed by atoms with E-state index in [1.165, 1.54) is 0 Å². The van der Waals surface area contributed by atoms with Crippen LogP contribution >= 0.6 is 11.3 Å². The van der Waals surface area contributed by atoms with Gasteiger partial charge in [-0.15, -0.1) is 11.3 Å². The maximum atomic E-state index is 15.3. The second-order valence-corrected chi connectivity index (χ2v) is 9.28. The van der Waals surface area contributed by atoms with Crippen molar-refractivity contribution in [1.29, 1.82) is 0 Å². The summed E-state index contributed by atoms with van der Waals surface area (Å²) in [5, 5.41) is 12.5. The third-order valence-corrected chi connectivity index (χ3v) is 7.09. The highest BCUT2D eigenvalue weighted by Crippen LogP contribution is 2.35. The molecule has 0 unspecified atom stereocenters. The maximum absolute atomic E-state index is 15.3. The van der Waals surface area contributed by atoms with Crippen molar-refractivity contribution < 1.29 is 19.0 Å². The van der Waals surface area contributed by atoms with Gasteiger partial charge in [0, 0.05) is 18.1 Å². The summed E-state index contributed by atoms with van der Waals surface area (Å²) < 4.78 is 20.6. The Labute approximate surface area is 197 Å². The summed E-state index contributed by atoms with van der Waals surface area (Å²) in [4.78, 5) is 19.4. The van der Waals surface area contributed by atoms with E-state index in [9.17, 15) is 9.90 Å². The molecule has 0 saturated carbocycles. The van der Waals surface area contributed by atoms with Crippen LogP contribution in [0.4, 0.5) is 4.39 Å². The number of rotatable bonds is 7. The van der Waals surface area contributed by atoms with Crippen molar-refractivity contribution in [2.75, 3.05) is 26.7 Å². The van der Waals surface area contributed by atoms with Crippen LogP contribution in [0.1, 0.15) is 35.9 Å². The molecule has 0 amide bonds. The van der Waals surface area contributed by atoms with Crippen LogP contribution < -0.4 is 4.74 Å². The lowest BCUT2D eigenvalue weighted by atomic mass is 9.81. The van der Waals surface area contributed by atoms with E-state index in [0.29, 0.717) is 30.8 Å². The van der Waals surface area contributed by atoms with E-state index in [-0.39, 0.29) is 12.3 Å². The van der Waals surface area contributed by atoms with E-state index in [1.54, 1.807) is 36.8 Å². The monoisotopic (exact) mass is 466 g/mol. The molecule has 5 nitrogen and oxygen atoms in total. The Kier molecular flexibility index (Phi) is 7.58. The molecule has 1 aromatic carbocycles. The number of halogens is 1. The SMILES string of the molecule is COc1ccc2nccc([C@@H](F)CC[C@@H]3CCN(CC#Cc4cccs4)C[C@@H]3C(=O)O)c2c1. The zero-order chi connectivity index (χ0) is 23.2.